The van der Waals surface area contributed by atoms with Crippen molar-refractivity contribution in [3.05, 3.63) is 0 Å². The van der Waals surface area contributed by atoms with Crippen molar-refractivity contribution < 1.29 is 0 Å². The SMILES string of the molecule is CCCCC(C)[C](C)(C)[Sn]([CH3])([CH3])[CH3]. The van der Waals surface area contributed by atoms with Crippen molar-refractivity contribution in [3.63, 3.8) is 0 Å². The average Bonchev–Trinajstić information content (AvgIpc) is 1.97. The Morgan fingerprint density at radius 2 is 1.62 bits per heavy atom. The third-order valence-electron chi connectivity index (χ3n) is 4.16. The third-order valence-corrected chi connectivity index (χ3v) is 16.6. The number of hydrogen-bond donors (Lipinski definition) is 0. The summed E-state index contributed by atoms with van der Waals surface area (Å²) in [6.45, 7) is 9.75. The number of unbranched alkanes of at least 4 members (excludes halogenated alkanes) is 1. The van der Waals surface area contributed by atoms with Gasteiger partial charge in [0, 0.05) is 0 Å². The van der Waals surface area contributed by atoms with Gasteiger partial charge in [0.25, 0.3) is 0 Å². The first-order valence-electron chi connectivity index (χ1n) is 5.73. The van der Waals surface area contributed by atoms with Crippen LogP contribution in [0.3, 0.4) is 0 Å². The van der Waals surface area contributed by atoms with Gasteiger partial charge in [0.15, 0.2) is 0 Å². The summed E-state index contributed by atoms with van der Waals surface area (Å²) in [6, 6.07) is 0. The van der Waals surface area contributed by atoms with Gasteiger partial charge in [-0.3, -0.25) is 0 Å². The van der Waals surface area contributed by atoms with Crippen LogP contribution in [0.25, 0.3) is 0 Å². The van der Waals surface area contributed by atoms with E-state index in [2.05, 4.69) is 42.5 Å². The molecule has 0 aromatic carbocycles. The fourth-order valence-electron chi connectivity index (χ4n) is 1.61. The summed E-state index contributed by atoms with van der Waals surface area (Å²) >= 11 is -1.72. The van der Waals surface area contributed by atoms with E-state index in [0.29, 0.717) is 3.43 Å². The van der Waals surface area contributed by atoms with E-state index in [-0.39, 0.29) is 0 Å². The molecule has 1 atom stereocenters. The van der Waals surface area contributed by atoms with E-state index in [9.17, 15) is 0 Å². The zero-order chi connectivity index (χ0) is 10.7. The fraction of sp³-hybridized carbons (Fsp3) is 1.00. The van der Waals surface area contributed by atoms with Gasteiger partial charge in [-0.2, -0.15) is 0 Å². The summed E-state index contributed by atoms with van der Waals surface area (Å²) in [5.74, 6) is 0.920. The van der Waals surface area contributed by atoms with Crippen LogP contribution in [-0.4, -0.2) is 18.4 Å². The van der Waals surface area contributed by atoms with E-state index >= 15 is 0 Å². The molecule has 0 bridgehead atoms. The van der Waals surface area contributed by atoms with E-state index in [1.165, 1.54) is 19.3 Å². The maximum absolute atomic E-state index is 2.57. The minimum absolute atomic E-state index is 0.657. The van der Waals surface area contributed by atoms with Gasteiger partial charge < -0.3 is 0 Å². The molecule has 0 radical (unpaired) electrons. The molecule has 13 heavy (non-hydrogen) atoms. The third kappa shape index (κ3) is 3.81. The molecule has 0 fully saturated rings. The van der Waals surface area contributed by atoms with Crippen LogP contribution in [0.5, 0.6) is 0 Å². The molecule has 0 aromatic rings. The van der Waals surface area contributed by atoms with Crippen molar-refractivity contribution in [2.45, 2.75) is 65.2 Å². The Bertz CT molecular complexity index is 142. The van der Waals surface area contributed by atoms with Crippen LogP contribution in [0.2, 0.25) is 18.2 Å². The summed E-state index contributed by atoms with van der Waals surface area (Å²) in [6.07, 6.45) is 4.18. The zero-order valence-corrected chi connectivity index (χ0v) is 13.6. The molecule has 1 unspecified atom stereocenters. The van der Waals surface area contributed by atoms with Crippen molar-refractivity contribution >= 4 is 18.4 Å². The predicted molar refractivity (Wildman–Crippen MR) is 66.1 cm³/mol. The first kappa shape index (κ1) is 13.8. The van der Waals surface area contributed by atoms with Gasteiger partial charge in [-0.25, -0.2) is 0 Å². The Morgan fingerprint density at radius 1 is 1.15 bits per heavy atom. The number of rotatable bonds is 5. The molecule has 0 rings (SSSR count). The molecule has 0 aliphatic rings. The molecule has 0 spiro atoms. The molecule has 0 amide bonds. The molecule has 0 saturated carbocycles. The number of hydrogen-bond acceptors (Lipinski definition) is 0. The molecule has 0 aromatic heterocycles. The molecule has 0 aliphatic heterocycles. The van der Waals surface area contributed by atoms with Crippen LogP contribution in [0, 0.1) is 5.92 Å². The second kappa shape index (κ2) is 5.04. The maximum atomic E-state index is 2.57. The molecule has 1 heteroatoms. The van der Waals surface area contributed by atoms with E-state index in [0.717, 1.165) is 5.92 Å². The van der Waals surface area contributed by atoms with Gasteiger partial charge in [0.2, 0.25) is 0 Å². The Labute approximate surface area is 89.4 Å². The van der Waals surface area contributed by atoms with Crippen LogP contribution < -0.4 is 0 Å². The van der Waals surface area contributed by atoms with Gasteiger partial charge >= 0.3 is 89.5 Å². The van der Waals surface area contributed by atoms with Crippen molar-refractivity contribution in [2.75, 3.05) is 0 Å². The van der Waals surface area contributed by atoms with Crippen molar-refractivity contribution in [2.24, 2.45) is 5.92 Å². The van der Waals surface area contributed by atoms with Gasteiger partial charge in [-0.1, -0.05) is 0 Å². The Hall–Kier alpha value is 0.799. The summed E-state index contributed by atoms with van der Waals surface area (Å²) in [7, 11) is 0. The van der Waals surface area contributed by atoms with Crippen LogP contribution in [-0.2, 0) is 0 Å². The minimum atomic E-state index is -1.72. The molecule has 0 N–H and O–H groups in total. The first-order chi connectivity index (χ1) is 5.73. The Kier molecular flexibility index (Phi) is 5.35. The Morgan fingerprint density at radius 3 is 1.92 bits per heavy atom. The van der Waals surface area contributed by atoms with E-state index in [1.807, 2.05) is 0 Å². The molecule has 0 aliphatic carbocycles. The molecule has 80 valence electrons. The molecular formula is C12H28Sn. The summed E-state index contributed by atoms with van der Waals surface area (Å²) < 4.78 is 0.657. The van der Waals surface area contributed by atoms with Crippen molar-refractivity contribution in [1.82, 2.24) is 0 Å². The Balaban J connectivity index is 4.27. The van der Waals surface area contributed by atoms with E-state index in [1.54, 1.807) is 0 Å². The monoisotopic (exact) mass is 292 g/mol. The zero-order valence-electron chi connectivity index (χ0n) is 10.7. The van der Waals surface area contributed by atoms with Crippen LogP contribution in [0.1, 0.15) is 47.0 Å². The quantitative estimate of drug-likeness (QED) is 0.630. The molecular weight excluding hydrogens is 263 g/mol. The molecule has 0 nitrogen and oxygen atoms in total. The van der Waals surface area contributed by atoms with Crippen LogP contribution in [0.15, 0.2) is 0 Å². The first-order valence-corrected chi connectivity index (χ1v) is 15.7. The summed E-state index contributed by atoms with van der Waals surface area (Å²) in [4.78, 5) is 7.70. The fourth-order valence-corrected chi connectivity index (χ4v) is 6.24. The van der Waals surface area contributed by atoms with Crippen molar-refractivity contribution in [1.29, 1.82) is 0 Å². The normalized spacial score (nSPS) is 15.9. The standard InChI is InChI=1S/C9H19.3CH3.Sn/c1-5-6-7-9(4)8(2)3;;;;/h9H,5-7H2,1-4H3;3*1H3;. The van der Waals surface area contributed by atoms with Crippen molar-refractivity contribution in [3.8, 4) is 0 Å². The van der Waals surface area contributed by atoms with Gasteiger partial charge in [-0.05, 0) is 0 Å². The van der Waals surface area contributed by atoms with Crippen LogP contribution >= 0.6 is 0 Å². The van der Waals surface area contributed by atoms with Crippen LogP contribution in [0.4, 0.5) is 0 Å². The van der Waals surface area contributed by atoms with Gasteiger partial charge in [0.05, 0.1) is 0 Å². The van der Waals surface area contributed by atoms with Gasteiger partial charge in [0.1, 0.15) is 0 Å². The molecule has 0 heterocycles. The van der Waals surface area contributed by atoms with E-state index < -0.39 is 18.4 Å². The second-order valence-electron chi connectivity index (χ2n) is 6.01. The summed E-state index contributed by atoms with van der Waals surface area (Å²) in [5.41, 5.74) is 0. The predicted octanol–water partition coefficient (Wildman–Crippen LogP) is 4.93. The summed E-state index contributed by atoms with van der Waals surface area (Å²) in [5, 5.41) is 0. The average molecular weight is 291 g/mol. The second-order valence-corrected chi connectivity index (χ2v) is 22.5. The molecule has 0 saturated heterocycles. The van der Waals surface area contributed by atoms with E-state index in [4.69, 9.17) is 0 Å². The van der Waals surface area contributed by atoms with Gasteiger partial charge in [-0.15, -0.1) is 0 Å². The topological polar surface area (TPSA) is 0 Å².